The van der Waals surface area contributed by atoms with E-state index in [1.807, 2.05) is 0 Å². The fraction of sp³-hybridized carbons (Fsp3) is 0.529. The van der Waals surface area contributed by atoms with E-state index >= 15 is 0 Å². The maximum absolute atomic E-state index is 2.41. The highest BCUT2D eigenvalue weighted by molar-refractivity contribution is 7.31. The number of benzene rings is 1. The molecule has 2 aromatic rings. The molecule has 0 saturated carbocycles. The lowest BCUT2D eigenvalue weighted by Crippen LogP contribution is -1.91. The van der Waals surface area contributed by atoms with Gasteiger partial charge in [0.2, 0.25) is 0 Å². The van der Waals surface area contributed by atoms with Crippen LogP contribution in [0.3, 0.4) is 0 Å². The molecule has 0 nitrogen and oxygen atoms in total. The van der Waals surface area contributed by atoms with E-state index in [2.05, 4.69) is 43.9 Å². The first-order chi connectivity index (χ1) is 8.83. The molecule has 0 aliphatic heterocycles. The molecule has 0 N–H and O–H groups in total. The summed E-state index contributed by atoms with van der Waals surface area (Å²) in [6, 6.07) is 8.88. The van der Waals surface area contributed by atoms with Gasteiger partial charge in [-0.2, -0.15) is 0 Å². The van der Waals surface area contributed by atoms with Crippen LogP contribution < -0.4 is 0 Å². The molecule has 0 fully saturated rings. The summed E-state index contributed by atoms with van der Waals surface area (Å²) >= 11 is 0. The van der Waals surface area contributed by atoms with Gasteiger partial charge in [0.1, 0.15) is 0 Å². The minimum absolute atomic E-state index is 0.768. The number of hydrogen-bond acceptors (Lipinski definition) is 0. The molecule has 1 heterocycles. The second-order valence-electron chi connectivity index (χ2n) is 5.39. The molecule has 18 heavy (non-hydrogen) atoms. The van der Waals surface area contributed by atoms with Gasteiger partial charge in [0.05, 0.1) is 0 Å². The standard InChI is InChI=1S/C17H25P/c1-3-4-5-6-7-10-14(2)17-16-12-9-8-11-15(16)13-18-17/h8-9,11-14,18H,3-7,10H2,1-2H3. The van der Waals surface area contributed by atoms with Crippen molar-refractivity contribution < 1.29 is 0 Å². The van der Waals surface area contributed by atoms with E-state index < -0.39 is 0 Å². The zero-order chi connectivity index (χ0) is 12.8. The van der Waals surface area contributed by atoms with Crippen LogP contribution in [0.25, 0.3) is 10.8 Å². The van der Waals surface area contributed by atoms with Gasteiger partial charge in [0.15, 0.2) is 0 Å². The maximum atomic E-state index is 2.41. The van der Waals surface area contributed by atoms with Gasteiger partial charge >= 0.3 is 0 Å². The molecular weight excluding hydrogens is 235 g/mol. The molecule has 0 saturated heterocycles. The Bertz CT molecular complexity index is 469. The van der Waals surface area contributed by atoms with Crippen LogP contribution in [-0.2, 0) is 0 Å². The first-order valence-electron chi connectivity index (χ1n) is 7.39. The zero-order valence-corrected chi connectivity index (χ0v) is 12.7. The van der Waals surface area contributed by atoms with Gasteiger partial charge in [0.25, 0.3) is 0 Å². The molecular formula is C17H25P. The number of fused-ring (bicyclic) bond motifs is 1. The molecule has 0 amide bonds. The van der Waals surface area contributed by atoms with Gasteiger partial charge in [-0.05, 0) is 34.2 Å². The highest BCUT2D eigenvalue weighted by Crippen LogP contribution is 2.37. The van der Waals surface area contributed by atoms with Crippen molar-refractivity contribution >= 4 is 19.0 Å². The summed E-state index contributed by atoms with van der Waals surface area (Å²) in [5, 5.41) is 4.68. The van der Waals surface area contributed by atoms with E-state index in [9.17, 15) is 0 Å². The monoisotopic (exact) mass is 260 g/mol. The van der Waals surface area contributed by atoms with E-state index in [1.165, 1.54) is 49.3 Å². The molecule has 0 spiro atoms. The summed E-state index contributed by atoms with van der Waals surface area (Å²) in [6.07, 6.45) is 8.36. The number of rotatable bonds is 7. The minimum atomic E-state index is 0.768. The third kappa shape index (κ3) is 3.39. The van der Waals surface area contributed by atoms with E-state index in [0.29, 0.717) is 0 Å². The van der Waals surface area contributed by atoms with Crippen LogP contribution in [0.1, 0.15) is 63.6 Å². The Morgan fingerprint density at radius 2 is 1.83 bits per heavy atom. The Balaban J connectivity index is 1.90. The summed E-state index contributed by atoms with van der Waals surface area (Å²) in [5.74, 6) is 3.18. The molecule has 1 heteroatoms. The van der Waals surface area contributed by atoms with Crippen LogP contribution in [0.2, 0.25) is 0 Å². The molecule has 2 atom stereocenters. The highest BCUT2D eigenvalue weighted by atomic mass is 31.0. The topological polar surface area (TPSA) is 0 Å². The van der Waals surface area contributed by atoms with Gasteiger partial charge in [0, 0.05) is 0 Å². The van der Waals surface area contributed by atoms with E-state index in [0.717, 1.165) is 14.1 Å². The van der Waals surface area contributed by atoms with Crippen LogP contribution in [-0.4, -0.2) is 0 Å². The van der Waals surface area contributed by atoms with Gasteiger partial charge in [-0.15, -0.1) is 8.19 Å². The van der Waals surface area contributed by atoms with E-state index in [1.54, 1.807) is 5.30 Å². The molecule has 1 aromatic carbocycles. The normalized spacial score (nSPS) is 13.4. The molecule has 0 aliphatic rings. The van der Waals surface area contributed by atoms with Gasteiger partial charge in [-0.1, -0.05) is 70.2 Å². The van der Waals surface area contributed by atoms with E-state index in [4.69, 9.17) is 0 Å². The summed E-state index contributed by atoms with van der Waals surface area (Å²) in [6.45, 7) is 4.70. The fourth-order valence-electron chi connectivity index (χ4n) is 2.71. The van der Waals surface area contributed by atoms with Crippen molar-refractivity contribution in [3.63, 3.8) is 0 Å². The Kier molecular flexibility index (Phi) is 5.32. The Morgan fingerprint density at radius 3 is 2.67 bits per heavy atom. The maximum Gasteiger partial charge on any atom is -0.0109 e. The van der Waals surface area contributed by atoms with Crippen LogP contribution in [0.4, 0.5) is 0 Å². The first-order valence-corrected chi connectivity index (χ1v) is 8.46. The number of hydrogen-bond donors (Lipinski definition) is 0. The van der Waals surface area contributed by atoms with Crippen molar-refractivity contribution in [2.75, 3.05) is 0 Å². The quantitative estimate of drug-likeness (QED) is 0.510. The Hall–Kier alpha value is -0.740. The molecule has 0 radical (unpaired) electrons. The predicted octanol–water partition coefficient (Wildman–Crippen LogP) is 6.34. The van der Waals surface area contributed by atoms with Crippen molar-refractivity contribution in [2.24, 2.45) is 0 Å². The third-order valence-corrected chi connectivity index (χ3v) is 5.40. The SMILES string of the molecule is CCCCCCCC(C)c1[pH]cc2ccccc12. The fourth-order valence-corrected chi connectivity index (χ4v) is 4.08. The van der Waals surface area contributed by atoms with E-state index in [-0.39, 0.29) is 0 Å². The molecule has 0 bridgehead atoms. The Morgan fingerprint density at radius 1 is 1.06 bits per heavy atom. The van der Waals surface area contributed by atoms with Crippen molar-refractivity contribution in [3.8, 4) is 0 Å². The van der Waals surface area contributed by atoms with Crippen molar-refractivity contribution in [2.45, 2.75) is 58.3 Å². The van der Waals surface area contributed by atoms with Crippen LogP contribution in [0.15, 0.2) is 30.1 Å². The van der Waals surface area contributed by atoms with Crippen LogP contribution in [0, 0.1) is 0 Å². The lowest BCUT2D eigenvalue weighted by atomic mass is 9.98. The van der Waals surface area contributed by atoms with Gasteiger partial charge < -0.3 is 0 Å². The minimum Gasteiger partial charge on any atom is -0.135 e. The lowest BCUT2D eigenvalue weighted by Gasteiger charge is -2.10. The second-order valence-corrected chi connectivity index (χ2v) is 6.51. The molecule has 1 aromatic heterocycles. The summed E-state index contributed by atoms with van der Waals surface area (Å²) in [5.41, 5.74) is 0. The van der Waals surface area contributed by atoms with Gasteiger partial charge in [-0.3, -0.25) is 0 Å². The largest absolute Gasteiger partial charge is 0.135 e. The molecule has 2 unspecified atom stereocenters. The van der Waals surface area contributed by atoms with Crippen molar-refractivity contribution in [1.29, 1.82) is 0 Å². The third-order valence-electron chi connectivity index (χ3n) is 3.87. The summed E-state index contributed by atoms with van der Waals surface area (Å²) in [7, 11) is 0.922. The summed E-state index contributed by atoms with van der Waals surface area (Å²) in [4.78, 5) is 0. The molecule has 2 rings (SSSR count). The average Bonchev–Trinajstić information content (AvgIpc) is 2.82. The predicted molar refractivity (Wildman–Crippen MR) is 85.2 cm³/mol. The second kappa shape index (κ2) is 7.00. The average molecular weight is 260 g/mol. The van der Waals surface area contributed by atoms with Crippen molar-refractivity contribution in [3.05, 3.63) is 35.4 Å². The lowest BCUT2D eigenvalue weighted by molar-refractivity contribution is 0.572. The molecule has 98 valence electrons. The van der Waals surface area contributed by atoms with Crippen LogP contribution >= 0.6 is 8.19 Å². The molecule has 0 aliphatic carbocycles. The van der Waals surface area contributed by atoms with Gasteiger partial charge in [-0.25, -0.2) is 0 Å². The highest BCUT2D eigenvalue weighted by Gasteiger charge is 2.09. The smallest absolute Gasteiger partial charge is 0.0109 e. The zero-order valence-electron chi connectivity index (χ0n) is 11.7. The van der Waals surface area contributed by atoms with Crippen molar-refractivity contribution in [1.82, 2.24) is 0 Å². The first kappa shape index (κ1) is 13.7. The van der Waals surface area contributed by atoms with Crippen LogP contribution in [0.5, 0.6) is 0 Å². The number of unbranched alkanes of at least 4 members (excludes halogenated alkanes) is 4. The Labute approximate surface area is 113 Å². The summed E-state index contributed by atoms with van der Waals surface area (Å²) < 4.78 is 0.